The molecule has 0 fully saturated rings. The summed E-state index contributed by atoms with van der Waals surface area (Å²) in [6.45, 7) is 2.47. The van der Waals surface area contributed by atoms with Crippen LogP contribution < -0.4 is 4.72 Å². The Hall–Kier alpha value is -0.860. The van der Waals surface area contributed by atoms with E-state index in [1.165, 1.54) is 19.3 Å². The van der Waals surface area contributed by atoms with Gasteiger partial charge in [-0.15, -0.1) is 0 Å². The Labute approximate surface area is 133 Å². The number of carbonyl (C=O) groups is 1. The minimum Gasteiger partial charge on any atom is -0.475 e. The Kier molecular flexibility index (Phi) is 7.41. The first kappa shape index (κ1) is 18.2. The summed E-state index contributed by atoms with van der Waals surface area (Å²) in [7, 11) is -3.76. The molecule has 0 aromatic carbocycles. The summed E-state index contributed by atoms with van der Waals surface area (Å²) in [5.41, 5.74) is 0. The smallest absolute Gasteiger partial charge is 0.371 e. The van der Waals surface area contributed by atoms with Crippen molar-refractivity contribution in [2.75, 3.05) is 6.54 Å². The molecule has 8 heteroatoms. The van der Waals surface area contributed by atoms with Crippen molar-refractivity contribution in [3.05, 3.63) is 16.5 Å². The zero-order chi connectivity index (χ0) is 15.9. The minimum absolute atomic E-state index is 0.102. The molecule has 1 aromatic rings. The van der Waals surface area contributed by atoms with Crippen molar-refractivity contribution in [3.63, 3.8) is 0 Å². The van der Waals surface area contributed by atoms with Gasteiger partial charge in [-0.05, 0) is 22.4 Å². The SMILES string of the molecule is CCCCCCCCNS(=O)(=O)c1cc(C(=O)O)oc1Br. The molecule has 0 spiro atoms. The molecule has 2 N–H and O–H groups in total. The van der Waals surface area contributed by atoms with Crippen LogP contribution in [0.5, 0.6) is 0 Å². The Bertz CT molecular complexity index is 567. The number of hydrogen-bond acceptors (Lipinski definition) is 4. The number of halogens is 1. The van der Waals surface area contributed by atoms with Gasteiger partial charge in [-0.3, -0.25) is 0 Å². The van der Waals surface area contributed by atoms with Crippen LogP contribution in [0.2, 0.25) is 0 Å². The second-order valence-electron chi connectivity index (χ2n) is 4.72. The van der Waals surface area contributed by atoms with E-state index in [0.29, 0.717) is 6.54 Å². The fourth-order valence-corrected chi connectivity index (χ4v) is 3.84. The molecule has 0 saturated heterocycles. The van der Waals surface area contributed by atoms with E-state index in [4.69, 9.17) is 9.52 Å². The highest BCUT2D eigenvalue weighted by atomic mass is 79.9. The molecule has 0 unspecified atom stereocenters. The van der Waals surface area contributed by atoms with Gasteiger partial charge in [0.1, 0.15) is 4.90 Å². The third-order valence-corrected chi connectivity index (χ3v) is 5.30. The molecule has 0 aliphatic rings. The zero-order valence-electron chi connectivity index (χ0n) is 11.9. The lowest BCUT2D eigenvalue weighted by atomic mass is 10.1. The van der Waals surface area contributed by atoms with E-state index in [2.05, 4.69) is 27.6 Å². The van der Waals surface area contributed by atoms with Crippen molar-refractivity contribution < 1.29 is 22.7 Å². The second kappa shape index (κ2) is 8.55. The fraction of sp³-hybridized carbons (Fsp3) is 0.615. The van der Waals surface area contributed by atoms with Crippen molar-refractivity contribution in [3.8, 4) is 0 Å². The van der Waals surface area contributed by atoms with Crippen LogP contribution in [0.3, 0.4) is 0 Å². The standard InChI is InChI=1S/C13H20BrNO5S/c1-2-3-4-5-6-7-8-15-21(18,19)11-9-10(13(16)17)20-12(11)14/h9,15H,2-8H2,1H3,(H,16,17). The first-order valence-corrected chi connectivity index (χ1v) is 9.18. The maximum absolute atomic E-state index is 12.0. The molecule has 120 valence electrons. The lowest BCUT2D eigenvalue weighted by Gasteiger charge is -2.05. The summed E-state index contributed by atoms with van der Waals surface area (Å²) in [6.07, 6.45) is 6.35. The summed E-state index contributed by atoms with van der Waals surface area (Å²) < 4.78 is 31.2. The quantitative estimate of drug-likeness (QED) is 0.605. The number of aromatic carboxylic acids is 1. The Morgan fingerprint density at radius 3 is 2.48 bits per heavy atom. The van der Waals surface area contributed by atoms with Crippen LogP contribution in [-0.2, 0) is 10.0 Å². The van der Waals surface area contributed by atoms with Crippen LogP contribution in [0.25, 0.3) is 0 Å². The van der Waals surface area contributed by atoms with Gasteiger partial charge in [-0.2, -0.15) is 0 Å². The van der Waals surface area contributed by atoms with Crippen molar-refractivity contribution >= 4 is 31.9 Å². The van der Waals surface area contributed by atoms with Gasteiger partial charge in [-0.25, -0.2) is 17.9 Å². The molecule has 6 nitrogen and oxygen atoms in total. The van der Waals surface area contributed by atoms with E-state index in [-0.39, 0.29) is 9.56 Å². The summed E-state index contributed by atoms with van der Waals surface area (Å²) in [5.74, 6) is -1.73. The predicted octanol–water partition coefficient (Wildman–Crippen LogP) is 3.38. The molecule has 0 atom stereocenters. The number of nitrogens with one attached hydrogen (secondary N) is 1. The molecule has 0 amide bonds. The molecule has 1 rings (SSSR count). The number of carboxylic acids is 1. The largest absolute Gasteiger partial charge is 0.475 e. The monoisotopic (exact) mass is 381 g/mol. The van der Waals surface area contributed by atoms with Gasteiger partial charge < -0.3 is 9.52 Å². The zero-order valence-corrected chi connectivity index (χ0v) is 14.3. The van der Waals surface area contributed by atoms with Crippen LogP contribution in [0, 0.1) is 0 Å². The number of hydrogen-bond donors (Lipinski definition) is 2. The van der Waals surface area contributed by atoms with E-state index < -0.39 is 21.8 Å². The molecule has 21 heavy (non-hydrogen) atoms. The number of carboxylic acid groups (broad SMARTS) is 1. The van der Waals surface area contributed by atoms with Gasteiger partial charge >= 0.3 is 5.97 Å². The van der Waals surface area contributed by atoms with E-state index in [1.54, 1.807) is 0 Å². The fourth-order valence-electron chi connectivity index (χ4n) is 1.83. The summed E-state index contributed by atoms with van der Waals surface area (Å²) >= 11 is 2.92. The van der Waals surface area contributed by atoms with E-state index in [0.717, 1.165) is 25.3 Å². The average Bonchev–Trinajstić information content (AvgIpc) is 2.81. The molecule has 0 bridgehead atoms. The van der Waals surface area contributed by atoms with Crippen molar-refractivity contribution in [1.82, 2.24) is 4.72 Å². The van der Waals surface area contributed by atoms with Crippen molar-refractivity contribution in [2.24, 2.45) is 0 Å². The van der Waals surface area contributed by atoms with Crippen LogP contribution in [-0.4, -0.2) is 26.0 Å². The van der Waals surface area contributed by atoms with Gasteiger partial charge in [0.05, 0.1) is 0 Å². The lowest BCUT2D eigenvalue weighted by molar-refractivity contribution is 0.0661. The highest BCUT2D eigenvalue weighted by Gasteiger charge is 2.24. The Morgan fingerprint density at radius 1 is 1.29 bits per heavy atom. The molecule has 1 aromatic heterocycles. The predicted molar refractivity (Wildman–Crippen MR) is 81.9 cm³/mol. The molecule has 1 heterocycles. The summed E-state index contributed by atoms with van der Waals surface area (Å²) in [6, 6.07) is 0.996. The summed E-state index contributed by atoms with van der Waals surface area (Å²) in [5, 5.41) is 8.78. The third kappa shape index (κ3) is 5.80. The first-order valence-electron chi connectivity index (χ1n) is 6.90. The normalized spacial score (nSPS) is 11.7. The first-order chi connectivity index (χ1) is 9.88. The Morgan fingerprint density at radius 2 is 1.90 bits per heavy atom. The van der Waals surface area contributed by atoms with Crippen LogP contribution in [0.1, 0.15) is 56.0 Å². The highest BCUT2D eigenvalue weighted by Crippen LogP contribution is 2.26. The van der Waals surface area contributed by atoms with Crippen LogP contribution >= 0.6 is 15.9 Å². The number of rotatable bonds is 10. The van der Waals surface area contributed by atoms with Gasteiger partial charge in [0.25, 0.3) is 0 Å². The highest BCUT2D eigenvalue weighted by molar-refractivity contribution is 9.10. The molecule has 0 aliphatic heterocycles. The Balaban J connectivity index is 2.48. The van der Waals surface area contributed by atoms with Gasteiger partial charge in [0, 0.05) is 12.6 Å². The summed E-state index contributed by atoms with van der Waals surface area (Å²) in [4.78, 5) is 10.6. The number of furan rings is 1. The molecular formula is C13H20BrNO5S. The number of unbranched alkanes of at least 4 members (excludes halogenated alkanes) is 5. The third-order valence-electron chi connectivity index (χ3n) is 2.98. The van der Waals surface area contributed by atoms with Crippen LogP contribution in [0.15, 0.2) is 20.0 Å². The van der Waals surface area contributed by atoms with Gasteiger partial charge in [0.15, 0.2) is 4.67 Å². The molecule has 0 aliphatic carbocycles. The average molecular weight is 382 g/mol. The maximum Gasteiger partial charge on any atom is 0.371 e. The van der Waals surface area contributed by atoms with Gasteiger partial charge in [-0.1, -0.05) is 39.0 Å². The lowest BCUT2D eigenvalue weighted by Crippen LogP contribution is -2.24. The molecule has 0 saturated carbocycles. The van der Waals surface area contributed by atoms with E-state index in [1.807, 2.05) is 0 Å². The van der Waals surface area contributed by atoms with Crippen molar-refractivity contribution in [2.45, 2.75) is 50.3 Å². The van der Waals surface area contributed by atoms with Gasteiger partial charge in [0.2, 0.25) is 15.8 Å². The molecular weight excluding hydrogens is 362 g/mol. The molecule has 0 radical (unpaired) electrons. The topological polar surface area (TPSA) is 96.6 Å². The second-order valence-corrected chi connectivity index (χ2v) is 7.17. The maximum atomic E-state index is 12.0. The van der Waals surface area contributed by atoms with E-state index in [9.17, 15) is 13.2 Å². The van der Waals surface area contributed by atoms with Crippen molar-refractivity contribution in [1.29, 1.82) is 0 Å². The minimum atomic E-state index is -3.76. The van der Waals surface area contributed by atoms with Crippen LogP contribution in [0.4, 0.5) is 0 Å². The van der Waals surface area contributed by atoms with E-state index >= 15 is 0 Å². The number of sulfonamides is 1.